The third-order valence-electron chi connectivity index (χ3n) is 3.78. The van der Waals surface area contributed by atoms with Crippen molar-refractivity contribution in [2.45, 2.75) is 51.2 Å². The number of carbonyl (C=O) groups is 2. The van der Waals surface area contributed by atoms with Crippen molar-refractivity contribution < 1.29 is 14.8 Å². The molecule has 5 heteroatoms. The maximum Gasteiger partial charge on any atom is 0.253 e. The Morgan fingerprint density at radius 2 is 1.65 bits per heavy atom. The van der Waals surface area contributed by atoms with Crippen LogP contribution in [0.4, 0.5) is 0 Å². The molecule has 1 fully saturated rings. The van der Waals surface area contributed by atoms with Crippen LogP contribution < -0.4 is 0 Å². The minimum absolute atomic E-state index is 0.292. The van der Waals surface area contributed by atoms with Crippen LogP contribution in [-0.2, 0) is 9.59 Å². The molecule has 2 heterocycles. The van der Waals surface area contributed by atoms with Gasteiger partial charge in [-0.15, -0.1) is 0 Å². The molecule has 0 aromatic rings. The molecule has 0 aromatic carbocycles. The lowest BCUT2D eigenvalue weighted by atomic mass is 9.93. The molecule has 0 spiro atoms. The predicted octanol–water partition coefficient (Wildman–Crippen LogP) is 0.932. The summed E-state index contributed by atoms with van der Waals surface area (Å²) in [6.07, 6.45) is 3.13. The van der Waals surface area contributed by atoms with Crippen molar-refractivity contribution in [3.63, 3.8) is 0 Å². The Balaban J connectivity index is 2.35. The zero-order chi connectivity index (χ0) is 13.0. The molecule has 1 unspecified atom stereocenters. The molecule has 2 aliphatic heterocycles. The summed E-state index contributed by atoms with van der Waals surface area (Å²) in [7, 11) is 0. The summed E-state index contributed by atoms with van der Waals surface area (Å²) in [5, 5.41) is 11.4. The van der Waals surface area contributed by atoms with Crippen LogP contribution in [-0.4, -0.2) is 44.1 Å². The molecule has 94 valence electrons. The van der Waals surface area contributed by atoms with Gasteiger partial charge in [0.25, 0.3) is 11.8 Å². The lowest BCUT2D eigenvalue weighted by Crippen LogP contribution is -2.54. The van der Waals surface area contributed by atoms with Crippen LogP contribution in [0.3, 0.4) is 0 Å². The first kappa shape index (κ1) is 12.3. The smallest absolute Gasteiger partial charge is 0.253 e. The molecule has 1 atom stereocenters. The minimum Gasteiger partial charge on any atom is -0.313 e. The van der Waals surface area contributed by atoms with Gasteiger partial charge in [-0.2, -0.15) is 5.06 Å². The number of rotatable bonds is 1. The highest BCUT2D eigenvalue weighted by molar-refractivity contribution is 6.13. The summed E-state index contributed by atoms with van der Waals surface area (Å²) in [5.74, 6) is -0.585. The first-order valence-corrected chi connectivity index (χ1v) is 5.72. The summed E-state index contributed by atoms with van der Waals surface area (Å²) in [4.78, 5) is 24.6. The first-order valence-electron chi connectivity index (χ1n) is 5.72. The molecule has 1 saturated heterocycles. The number of imide groups is 1. The van der Waals surface area contributed by atoms with Gasteiger partial charge in [0, 0.05) is 17.7 Å². The molecule has 1 N–H and O–H groups in total. The van der Waals surface area contributed by atoms with Gasteiger partial charge in [-0.1, -0.05) is 0 Å². The number of hydroxylamine groups is 2. The number of hydrogen-bond acceptors (Lipinski definition) is 4. The average Bonchev–Trinajstić information content (AvgIpc) is 2.60. The highest BCUT2D eigenvalue weighted by Gasteiger charge is 2.55. The van der Waals surface area contributed by atoms with Crippen molar-refractivity contribution in [2.24, 2.45) is 0 Å². The van der Waals surface area contributed by atoms with Crippen LogP contribution in [0.15, 0.2) is 12.2 Å². The Kier molecular flexibility index (Phi) is 2.45. The van der Waals surface area contributed by atoms with Gasteiger partial charge < -0.3 is 5.21 Å². The van der Waals surface area contributed by atoms with Crippen molar-refractivity contribution in [1.29, 1.82) is 0 Å². The fourth-order valence-electron chi connectivity index (χ4n) is 2.86. The molecule has 2 amide bonds. The maximum absolute atomic E-state index is 11.7. The molecule has 0 radical (unpaired) electrons. The van der Waals surface area contributed by atoms with Crippen LogP contribution in [0.2, 0.25) is 0 Å². The van der Waals surface area contributed by atoms with Crippen LogP contribution in [0.1, 0.15) is 34.1 Å². The lowest BCUT2D eigenvalue weighted by Gasteiger charge is -2.37. The highest BCUT2D eigenvalue weighted by atomic mass is 16.8. The van der Waals surface area contributed by atoms with E-state index in [9.17, 15) is 14.8 Å². The molecular formula is C12H18N2O3. The number of hydrogen-bond donors (Lipinski definition) is 1. The van der Waals surface area contributed by atoms with E-state index < -0.39 is 11.1 Å². The SMILES string of the molecule is CC1(C)CC(N2C(=O)C=CC2=O)C(C)(C)[15N]1O. The van der Waals surface area contributed by atoms with E-state index in [1.165, 1.54) is 22.1 Å². The minimum atomic E-state index is -0.638. The van der Waals surface area contributed by atoms with E-state index in [1.807, 2.05) is 27.7 Å². The van der Waals surface area contributed by atoms with Crippen LogP contribution in [0.25, 0.3) is 0 Å². The predicted molar refractivity (Wildman–Crippen MR) is 61.2 cm³/mol. The van der Waals surface area contributed by atoms with Gasteiger partial charge in [-0.3, -0.25) is 14.5 Å². The van der Waals surface area contributed by atoms with Gasteiger partial charge in [-0.25, -0.2) is 0 Å². The molecule has 2 rings (SSSR count). The van der Waals surface area contributed by atoms with E-state index >= 15 is 0 Å². The second-order valence-electron chi connectivity index (χ2n) is 5.88. The quantitative estimate of drug-likeness (QED) is 0.546. The van der Waals surface area contributed by atoms with Gasteiger partial charge in [0.2, 0.25) is 0 Å². The van der Waals surface area contributed by atoms with Crippen molar-refractivity contribution >= 4 is 11.8 Å². The number of nitrogens with zero attached hydrogens (tertiary/aromatic N) is 2. The molecule has 0 saturated carbocycles. The Bertz CT molecular complexity index is 394. The van der Waals surface area contributed by atoms with Gasteiger partial charge >= 0.3 is 0 Å². The largest absolute Gasteiger partial charge is 0.313 e. The zero-order valence-corrected chi connectivity index (χ0v) is 10.6. The Morgan fingerprint density at radius 1 is 1.18 bits per heavy atom. The second kappa shape index (κ2) is 3.40. The van der Waals surface area contributed by atoms with Crippen LogP contribution >= 0.6 is 0 Å². The monoisotopic (exact) mass is 239 g/mol. The van der Waals surface area contributed by atoms with Gasteiger partial charge in [0.15, 0.2) is 0 Å². The van der Waals surface area contributed by atoms with Crippen LogP contribution in [0, 0.1) is 0 Å². The van der Waals surface area contributed by atoms with Gasteiger partial charge in [0.05, 0.1) is 11.6 Å². The summed E-state index contributed by atoms with van der Waals surface area (Å²) in [6, 6.07) is -0.308. The Morgan fingerprint density at radius 3 is 2.00 bits per heavy atom. The van der Waals surface area contributed by atoms with Crippen LogP contribution in [0.5, 0.6) is 0 Å². The van der Waals surface area contributed by atoms with E-state index in [0.29, 0.717) is 6.42 Å². The lowest BCUT2D eigenvalue weighted by molar-refractivity contribution is -0.198. The van der Waals surface area contributed by atoms with Crippen molar-refractivity contribution in [3.05, 3.63) is 12.2 Å². The van der Waals surface area contributed by atoms with E-state index in [4.69, 9.17) is 0 Å². The summed E-state index contributed by atoms with van der Waals surface area (Å²) in [6.45, 7) is 7.47. The summed E-state index contributed by atoms with van der Waals surface area (Å²) in [5.41, 5.74) is -1.09. The molecule has 0 aromatic heterocycles. The third kappa shape index (κ3) is 1.61. The number of carbonyl (C=O) groups excluding carboxylic acids is 2. The third-order valence-corrected chi connectivity index (χ3v) is 3.78. The second-order valence-corrected chi connectivity index (χ2v) is 5.88. The topological polar surface area (TPSA) is 60.9 Å². The zero-order valence-electron chi connectivity index (χ0n) is 10.6. The van der Waals surface area contributed by atoms with Crippen molar-refractivity contribution in [1.82, 2.24) is 9.96 Å². The molecule has 2 aliphatic rings. The maximum atomic E-state index is 11.7. The molecule has 17 heavy (non-hydrogen) atoms. The van der Waals surface area contributed by atoms with E-state index in [1.54, 1.807) is 0 Å². The van der Waals surface area contributed by atoms with Gasteiger partial charge in [-0.05, 0) is 34.1 Å². The summed E-state index contributed by atoms with van der Waals surface area (Å²) >= 11 is 0. The normalized spacial score (nSPS) is 31.6. The van der Waals surface area contributed by atoms with Crippen molar-refractivity contribution in [3.8, 4) is 0 Å². The first-order chi connectivity index (χ1) is 7.68. The fraction of sp³-hybridized carbons (Fsp3) is 0.667. The van der Waals surface area contributed by atoms with E-state index in [0.717, 1.165) is 0 Å². The summed E-state index contributed by atoms with van der Waals surface area (Å²) < 4.78 is 0. The molecule has 0 bridgehead atoms. The van der Waals surface area contributed by atoms with E-state index in [2.05, 4.69) is 0 Å². The molecule has 5 nitrogen and oxygen atoms in total. The molecular weight excluding hydrogens is 221 g/mol. The van der Waals surface area contributed by atoms with Gasteiger partial charge in [0.1, 0.15) is 0 Å². The van der Waals surface area contributed by atoms with E-state index in [-0.39, 0.29) is 17.9 Å². The Labute approximate surface area is 101 Å². The Hall–Kier alpha value is -1.20. The average molecular weight is 239 g/mol. The number of amides is 2. The highest BCUT2D eigenvalue weighted by Crippen LogP contribution is 2.42. The molecule has 0 aliphatic carbocycles. The standard InChI is InChI=1S/C12H18N2O3/c1-11(2)7-8(12(3,4)14(11)17)13-9(15)5-6-10(13)16/h5-6,8,17H,7H2,1-4H3/i14+1. The van der Waals surface area contributed by atoms with Crippen molar-refractivity contribution in [2.75, 3.05) is 0 Å². The fourth-order valence-corrected chi connectivity index (χ4v) is 2.86.